The van der Waals surface area contributed by atoms with E-state index in [0.717, 1.165) is 0 Å². The van der Waals surface area contributed by atoms with Gasteiger partial charge in [0.1, 0.15) is 6.10 Å². The van der Waals surface area contributed by atoms with Gasteiger partial charge in [-0.2, -0.15) is 5.26 Å². The van der Waals surface area contributed by atoms with E-state index in [4.69, 9.17) is 14.7 Å². The Labute approximate surface area is 201 Å². The first-order chi connectivity index (χ1) is 16.8. The van der Waals surface area contributed by atoms with E-state index in [1.807, 2.05) is 6.07 Å². The summed E-state index contributed by atoms with van der Waals surface area (Å²) in [6.45, 7) is 2.29. The summed E-state index contributed by atoms with van der Waals surface area (Å²) in [7, 11) is 0. The van der Waals surface area contributed by atoms with Crippen molar-refractivity contribution in [2.24, 2.45) is 4.99 Å². The molecule has 2 aliphatic rings. The van der Waals surface area contributed by atoms with Crippen molar-refractivity contribution < 1.29 is 28.2 Å². The Kier molecular flexibility index (Phi) is 7.06. The third kappa shape index (κ3) is 5.63. The molecule has 0 N–H and O–H groups in total. The fourth-order valence-corrected chi connectivity index (χ4v) is 3.98. The minimum atomic E-state index is -0.694. The molecule has 2 aromatic carbocycles. The quantitative estimate of drug-likeness (QED) is 0.610. The first-order valence-corrected chi connectivity index (χ1v) is 11.1. The molecule has 4 rings (SSSR count). The number of carbonyl (C=O) groups is 3. The summed E-state index contributed by atoms with van der Waals surface area (Å²) in [4.78, 5) is 42.4. The third-order valence-corrected chi connectivity index (χ3v) is 5.75. The predicted molar refractivity (Wildman–Crippen MR) is 124 cm³/mol. The van der Waals surface area contributed by atoms with E-state index in [1.165, 1.54) is 30.2 Å². The van der Waals surface area contributed by atoms with Gasteiger partial charge >= 0.3 is 6.09 Å². The van der Waals surface area contributed by atoms with E-state index in [9.17, 15) is 18.8 Å². The Hall–Kier alpha value is -4.26. The van der Waals surface area contributed by atoms with Crippen molar-refractivity contribution in [3.8, 4) is 11.8 Å². The fourth-order valence-electron chi connectivity index (χ4n) is 3.98. The Morgan fingerprint density at radius 3 is 2.69 bits per heavy atom. The predicted octanol–water partition coefficient (Wildman–Crippen LogP) is 3.32. The number of likely N-dealkylation sites (tertiary alicyclic amines) is 1. The van der Waals surface area contributed by atoms with Crippen molar-refractivity contribution in [3.63, 3.8) is 0 Å². The number of amides is 3. The Morgan fingerprint density at radius 1 is 1.23 bits per heavy atom. The molecule has 9 nitrogen and oxygen atoms in total. The van der Waals surface area contributed by atoms with Gasteiger partial charge in [0.25, 0.3) is 5.91 Å². The summed E-state index contributed by atoms with van der Waals surface area (Å²) in [5, 5.41) is 9.03. The highest BCUT2D eigenvalue weighted by Gasteiger charge is 2.32. The molecule has 0 aromatic heterocycles. The van der Waals surface area contributed by atoms with Crippen LogP contribution in [0, 0.1) is 17.1 Å². The molecule has 2 heterocycles. The van der Waals surface area contributed by atoms with Gasteiger partial charge in [0.2, 0.25) is 5.91 Å². The van der Waals surface area contributed by atoms with E-state index in [1.54, 1.807) is 35.2 Å². The molecule has 0 unspecified atom stereocenters. The standard InChI is InChI=1S/C25H23FN4O5/c1-16(31)28-14-21-15-30(25(33)35-21)19-5-6-23(22(26)12-19)34-20-7-9-29(10-8-20)24(32)18-4-2-3-17(11-18)13-27/h2-6,11-12,14,20-21H,7-10,15H2,1H3/t21-/m0/s1. The second kappa shape index (κ2) is 10.3. The van der Waals surface area contributed by atoms with Crippen molar-refractivity contribution in [2.45, 2.75) is 32.0 Å². The van der Waals surface area contributed by atoms with Crippen LogP contribution >= 0.6 is 0 Å². The highest BCUT2D eigenvalue weighted by Crippen LogP contribution is 2.29. The molecule has 10 heteroatoms. The maximum atomic E-state index is 14.8. The van der Waals surface area contributed by atoms with E-state index in [2.05, 4.69) is 4.99 Å². The maximum Gasteiger partial charge on any atom is 0.415 e. The van der Waals surface area contributed by atoms with Crippen LogP contribution in [0.25, 0.3) is 0 Å². The van der Waals surface area contributed by atoms with Crippen molar-refractivity contribution in [1.82, 2.24) is 4.90 Å². The highest BCUT2D eigenvalue weighted by molar-refractivity contribution is 5.95. The SMILES string of the molecule is CC(=O)N=C[C@H]1CN(c2ccc(OC3CCN(C(=O)c4cccc(C#N)c4)CC3)c(F)c2)C(=O)O1. The van der Waals surface area contributed by atoms with Gasteiger partial charge in [-0.3, -0.25) is 14.5 Å². The van der Waals surface area contributed by atoms with Gasteiger partial charge in [0, 0.05) is 44.5 Å². The lowest BCUT2D eigenvalue weighted by Gasteiger charge is -2.32. The lowest BCUT2D eigenvalue weighted by molar-refractivity contribution is -0.115. The van der Waals surface area contributed by atoms with Crippen LogP contribution in [-0.4, -0.2) is 60.9 Å². The van der Waals surface area contributed by atoms with Crippen molar-refractivity contribution in [2.75, 3.05) is 24.5 Å². The minimum absolute atomic E-state index is 0.0579. The number of nitrogens with zero attached hydrogens (tertiary/aromatic N) is 4. The van der Waals surface area contributed by atoms with Gasteiger partial charge in [-0.25, -0.2) is 14.2 Å². The normalized spacial score (nSPS) is 18.4. The maximum absolute atomic E-state index is 14.8. The average molecular weight is 478 g/mol. The molecule has 0 saturated carbocycles. The second-order valence-corrected chi connectivity index (χ2v) is 8.25. The van der Waals surface area contributed by atoms with Gasteiger partial charge in [-0.1, -0.05) is 6.07 Å². The van der Waals surface area contributed by atoms with Gasteiger partial charge in [0.05, 0.1) is 30.1 Å². The zero-order valence-electron chi connectivity index (χ0n) is 19.0. The van der Waals surface area contributed by atoms with Crippen molar-refractivity contribution in [1.29, 1.82) is 5.26 Å². The molecule has 2 fully saturated rings. The number of anilines is 1. The number of benzene rings is 2. The third-order valence-electron chi connectivity index (χ3n) is 5.75. The average Bonchev–Trinajstić information content (AvgIpc) is 3.24. The number of nitriles is 1. The van der Waals surface area contributed by atoms with Crippen LogP contribution in [-0.2, 0) is 9.53 Å². The highest BCUT2D eigenvalue weighted by atomic mass is 19.1. The monoisotopic (exact) mass is 478 g/mol. The summed E-state index contributed by atoms with van der Waals surface area (Å²) in [5.41, 5.74) is 1.19. The van der Waals surface area contributed by atoms with Crippen LogP contribution in [0.3, 0.4) is 0 Å². The number of hydrogen-bond donors (Lipinski definition) is 0. The van der Waals surface area contributed by atoms with Gasteiger partial charge in [0.15, 0.2) is 17.7 Å². The number of hydrogen-bond acceptors (Lipinski definition) is 6. The zero-order chi connectivity index (χ0) is 24.9. The number of ether oxygens (including phenoxy) is 2. The Balaban J connectivity index is 1.34. The van der Waals surface area contributed by atoms with E-state index in [-0.39, 0.29) is 24.3 Å². The molecule has 2 saturated heterocycles. The number of cyclic esters (lactones) is 1. The van der Waals surface area contributed by atoms with Crippen LogP contribution in [0.15, 0.2) is 47.5 Å². The largest absolute Gasteiger partial charge is 0.487 e. The number of aliphatic imine (C=N–C) groups is 1. The first-order valence-electron chi connectivity index (χ1n) is 11.1. The molecule has 35 heavy (non-hydrogen) atoms. The molecule has 2 aromatic rings. The zero-order valence-corrected chi connectivity index (χ0v) is 19.0. The summed E-state index contributed by atoms with van der Waals surface area (Å²) in [6.07, 6.45) is 0.691. The lowest BCUT2D eigenvalue weighted by atomic mass is 10.1. The number of carbonyl (C=O) groups excluding carboxylic acids is 3. The van der Waals surface area contributed by atoms with Crippen LogP contribution in [0.4, 0.5) is 14.9 Å². The first kappa shape index (κ1) is 23.9. The van der Waals surface area contributed by atoms with E-state index >= 15 is 0 Å². The molecule has 3 amide bonds. The summed E-state index contributed by atoms with van der Waals surface area (Å²) >= 11 is 0. The molecule has 0 spiro atoms. The van der Waals surface area contributed by atoms with Crippen LogP contribution in [0.5, 0.6) is 5.75 Å². The molecule has 2 aliphatic heterocycles. The molecular formula is C25H23FN4O5. The second-order valence-electron chi connectivity index (χ2n) is 8.25. The molecule has 0 radical (unpaired) electrons. The molecule has 0 bridgehead atoms. The summed E-state index contributed by atoms with van der Waals surface area (Å²) in [6, 6.07) is 12.8. The topological polar surface area (TPSA) is 112 Å². The van der Waals surface area contributed by atoms with Crippen LogP contribution in [0.2, 0.25) is 0 Å². The number of halogens is 1. The molecule has 180 valence electrons. The minimum Gasteiger partial charge on any atom is -0.487 e. The fraction of sp³-hybridized carbons (Fsp3) is 0.320. The molecular weight excluding hydrogens is 455 g/mol. The molecule has 1 atom stereocenters. The Bertz CT molecular complexity index is 1220. The van der Waals surface area contributed by atoms with E-state index < -0.39 is 23.9 Å². The number of piperidine rings is 1. The smallest absolute Gasteiger partial charge is 0.415 e. The van der Waals surface area contributed by atoms with Gasteiger partial charge in [-0.15, -0.1) is 0 Å². The van der Waals surface area contributed by atoms with Gasteiger partial charge < -0.3 is 14.4 Å². The summed E-state index contributed by atoms with van der Waals surface area (Å²) < 4.78 is 25.7. The molecule has 0 aliphatic carbocycles. The Morgan fingerprint density at radius 2 is 2.00 bits per heavy atom. The van der Waals surface area contributed by atoms with Crippen molar-refractivity contribution in [3.05, 3.63) is 59.4 Å². The number of rotatable bonds is 5. The van der Waals surface area contributed by atoms with E-state index in [0.29, 0.717) is 42.7 Å². The summed E-state index contributed by atoms with van der Waals surface area (Å²) in [5.74, 6) is -1.12. The van der Waals surface area contributed by atoms with Gasteiger partial charge in [-0.05, 0) is 30.3 Å². The van der Waals surface area contributed by atoms with Crippen LogP contribution in [0.1, 0.15) is 35.7 Å². The van der Waals surface area contributed by atoms with Crippen molar-refractivity contribution >= 4 is 29.8 Å². The lowest BCUT2D eigenvalue weighted by Crippen LogP contribution is -2.41. The van der Waals surface area contributed by atoms with Crippen LogP contribution < -0.4 is 9.64 Å².